The van der Waals surface area contributed by atoms with Crippen LogP contribution in [-0.4, -0.2) is 25.3 Å². The van der Waals surface area contributed by atoms with E-state index in [0.717, 1.165) is 12.3 Å². The second-order valence-electron chi connectivity index (χ2n) is 5.48. The van der Waals surface area contributed by atoms with Crippen molar-refractivity contribution in [2.75, 3.05) is 5.32 Å². The number of rotatable bonds is 3. The molecule has 2 N–H and O–H groups in total. The molecule has 3 aromatic heterocycles. The topological polar surface area (TPSA) is 110 Å². The summed E-state index contributed by atoms with van der Waals surface area (Å²) in [5, 5.41) is 9.86. The van der Waals surface area contributed by atoms with Gasteiger partial charge in [0.05, 0.1) is 0 Å². The fourth-order valence-corrected chi connectivity index (χ4v) is 2.36. The van der Waals surface area contributed by atoms with E-state index in [1.807, 2.05) is 0 Å². The van der Waals surface area contributed by atoms with Gasteiger partial charge in [-0.25, -0.2) is 4.63 Å². The number of benzene rings is 1. The van der Waals surface area contributed by atoms with Crippen LogP contribution >= 0.6 is 0 Å². The predicted octanol–water partition coefficient (Wildman–Crippen LogP) is 3.13. The van der Waals surface area contributed by atoms with Crippen LogP contribution in [0.5, 0.6) is 0 Å². The average Bonchev–Trinajstić information content (AvgIpc) is 3.09. The molecule has 136 valence electrons. The number of pyridine rings is 1. The van der Waals surface area contributed by atoms with E-state index in [2.05, 4.69) is 35.2 Å². The number of hydrogen-bond donors (Lipinski definition) is 2. The van der Waals surface area contributed by atoms with Gasteiger partial charge < -0.3 is 5.32 Å². The Hall–Kier alpha value is -3.76. The van der Waals surface area contributed by atoms with Gasteiger partial charge in [0.25, 0.3) is 5.56 Å². The lowest BCUT2D eigenvalue weighted by Gasteiger charge is -2.08. The van der Waals surface area contributed by atoms with Gasteiger partial charge >= 0.3 is 6.18 Å². The molecule has 0 fully saturated rings. The van der Waals surface area contributed by atoms with Crippen LogP contribution in [0.15, 0.2) is 52.0 Å². The molecular formula is C16H9F3N6O2. The number of H-pyrrole nitrogens is 1. The second-order valence-corrected chi connectivity index (χ2v) is 5.48. The molecule has 0 amide bonds. The lowest BCUT2D eigenvalue weighted by atomic mass is 10.1. The zero-order valence-corrected chi connectivity index (χ0v) is 13.3. The number of halogens is 3. The Morgan fingerprint density at radius 2 is 1.74 bits per heavy atom. The van der Waals surface area contributed by atoms with Crippen LogP contribution in [0.4, 0.5) is 24.7 Å². The Bertz CT molecular complexity index is 1150. The van der Waals surface area contributed by atoms with Crippen LogP contribution in [0.1, 0.15) is 5.69 Å². The van der Waals surface area contributed by atoms with Crippen molar-refractivity contribution in [3.8, 4) is 11.1 Å². The Morgan fingerprint density at radius 3 is 2.41 bits per heavy atom. The third kappa shape index (κ3) is 3.34. The van der Waals surface area contributed by atoms with Gasteiger partial charge in [-0.2, -0.15) is 18.2 Å². The van der Waals surface area contributed by atoms with Gasteiger partial charge in [-0.15, -0.1) is 0 Å². The monoisotopic (exact) mass is 374 g/mol. The van der Waals surface area contributed by atoms with E-state index in [0.29, 0.717) is 16.8 Å². The van der Waals surface area contributed by atoms with E-state index >= 15 is 0 Å². The van der Waals surface area contributed by atoms with Crippen LogP contribution in [0, 0.1) is 0 Å². The van der Waals surface area contributed by atoms with Gasteiger partial charge in [-0.3, -0.25) is 14.8 Å². The van der Waals surface area contributed by atoms with Crippen LogP contribution in [0.2, 0.25) is 0 Å². The van der Waals surface area contributed by atoms with Gasteiger partial charge in [-0.05, 0) is 34.1 Å². The lowest BCUT2D eigenvalue weighted by molar-refractivity contribution is -0.141. The molecule has 0 aliphatic heterocycles. The lowest BCUT2D eigenvalue weighted by Crippen LogP contribution is -2.13. The maximum atomic E-state index is 12.6. The first-order chi connectivity index (χ1) is 12.9. The molecule has 8 nitrogen and oxygen atoms in total. The predicted molar refractivity (Wildman–Crippen MR) is 88.2 cm³/mol. The summed E-state index contributed by atoms with van der Waals surface area (Å²) in [6, 6.07) is 8.93. The fourth-order valence-electron chi connectivity index (χ4n) is 2.36. The second kappa shape index (κ2) is 6.20. The Balaban J connectivity index is 1.56. The molecule has 0 aliphatic rings. The van der Waals surface area contributed by atoms with Crippen molar-refractivity contribution in [1.82, 2.24) is 25.3 Å². The summed E-state index contributed by atoms with van der Waals surface area (Å²) in [5.41, 5.74) is 0.565. The van der Waals surface area contributed by atoms with Crippen LogP contribution < -0.4 is 10.9 Å². The standard InChI is InChI=1S/C16H9F3N6O2/c17-16(18,19)11-6-3-9(7-20-11)8-1-4-10(5-2-8)21-14-15(26)23-13-12(22-14)24-27-25-13/h1-7H,(H,21,22,24)(H,23,25,26). The normalized spacial score (nSPS) is 11.7. The highest BCUT2D eigenvalue weighted by molar-refractivity contribution is 5.69. The first kappa shape index (κ1) is 16.7. The molecule has 0 spiro atoms. The zero-order chi connectivity index (χ0) is 19.0. The molecule has 0 bridgehead atoms. The molecule has 11 heteroatoms. The molecule has 4 aromatic rings. The van der Waals surface area contributed by atoms with Gasteiger partial charge in [0, 0.05) is 17.4 Å². The number of nitrogens with zero attached hydrogens (tertiary/aromatic N) is 4. The van der Waals surface area contributed by atoms with Crippen molar-refractivity contribution in [3.63, 3.8) is 0 Å². The van der Waals surface area contributed by atoms with Crippen molar-refractivity contribution >= 4 is 22.8 Å². The first-order valence-corrected chi connectivity index (χ1v) is 7.53. The van der Waals surface area contributed by atoms with Crippen molar-refractivity contribution in [3.05, 3.63) is 58.6 Å². The molecule has 0 saturated carbocycles. The van der Waals surface area contributed by atoms with Crippen LogP contribution in [0.3, 0.4) is 0 Å². The molecule has 1 aromatic carbocycles. The quantitative estimate of drug-likeness (QED) is 0.567. The van der Waals surface area contributed by atoms with E-state index < -0.39 is 17.4 Å². The van der Waals surface area contributed by atoms with Crippen LogP contribution in [-0.2, 0) is 6.18 Å². The number of anilines is 2. The van der Waals surface area contributed by atoms with E-state index in [1.165, 1.54) is 6.07 Å². The van der Waals surface area contributed by atoms with Gasteiger partial charge in [0.15, 0.2) is 5.82 Å². The minimum Gasteiger partial charge on any atom is -0.336 e. The van der Waals surface area contributed by atoms with Crippen molar-refractivity contribution in [1.29, 1.82) is 0 Å². The van der Waals surface area contributed by atoms with Gasteiger partial charge in [0.2, 0.25) is 11.3 Å². The van der Waals surface area contributed by atoms with Crippen molar-refractivity contribution < 1.29 is 17.8 Å². The number of hydrogen-bond acceptors (Lipinski definition) is 7. The summed E-state index contributed by atoms with van der Waals surface area (Å²) in [5.74, 6) is 0.00199. The van der Waals surface area contributed by atoms with E-state index in [9.17, 15) is 18.0 Å². The molecule has 27 heavy (non-hydrogen) atoms. The Labute approximate surface area is 148 Å². The van der Waals surface area contributed by atoms with Crippen molar-refractivity contribution in [2.45, 2.75) is 6.18 Å². The summed E-state index contributed by atoms with van der Waals surface area (Å²) in [6.07, 6.45) is -3.32. The highest BCUT2D eigenvalue weighted by Gasteiger charge is 2.32. The van der Waals surface area contributed by atoms with Gasteiger partial charge in [-0.1, -0.05) is 18.2 Å². The number of alkyl halides is 3. The fraction of sp³-hybridized carbons (Fsp3) is 0.0625. The Kier molecular flexibility index (Phi) is 3.83. The molecule has 4 rings (SSSR count). The third-order valence-electron chi connectivity index (χ3n) is 3.67. The summed E-state index contributed by atoms with van der Waals surface area (Å²) in [4.78, 5) is 21.9. The maximum Gasteiger partial charge on any atom is 0.433 e. The van der Waals surface area contributed by atoms with Crippen LogP contribution in [0.25, 0.3) is 22.4 Å². The summed E-state index contributed by atoms with van der Waals surface area (Å²) in [6.45, 7) is 0. The summed E-state index contributed by atoms with van der Waals surface area (Å²) >= 11 is 0. The van der Waals surface area contributed by atoms with E-state index in [1.54, 1.807) is 24.3 Å². The first-order valence-electron chi connectivity index (χ1n) is 7.53. The average molecular weight is 374 g/mol. The largest absolute Gasteiger partial charge is 0.433 e. The molecule has 0 atom stereocenters. The van der Waals surface area contributed by atoms with Crippen molar-refractivity contribution in [2.24, 2.45) is 0 Å². The SMILES string of the molecule is O=c1[nH]c2nonc2nc1Nc1ccc(-c2ccc(C(F)(F)F)nc2)cc1. The molecular weight excluding hydrogens is 365 g/mol. The minimum atomic E-state index is -4.48. The molecule has 0 unspecified atom stereocenters. The molecule has 3 heterocycles. The number of aromatic nitrogens is 5. The maximum absolute atomic E-state index is 12.6. The molecule has 0 aliphatic carbocycles. The number of nitrogens with one attached hydrogen (secondary N) is 2. The smallest absolute Gasteiger partial charge is 0.336 e. The zero-order valence-electron chi connectivity index (χ0n) is 13.3. The third-order valence-corrected chi connectivity index (χ3v) is 3.67. The summed E-state index contributed by atoms with van der Waals surface area (Å²) in [7, 11) is 0. The van der Waals surface area contributed by atoms with Gasteiger partial charge in [0.1, 0.15) is 5.69 Å². The highest BCUT2D eigenvalue weighted by atomic mass is 19.4. The summed E-state index contributed by atoms with van der Waals surface area (Å²) < 4.78 is 42.2. The van der Waals surface area contributed by atoms with E-state index in [4.69, 9.17) is 0 Å². The molecule has 0 saturated heterocycles. The van der Waals surface area contributed by atoms with E-state index in [-0.39, 0.29) is 17.1 Å². The number of fused-ring (bicyclic) bond motifs is 1. The number of aromatic amines is 1. The Morgan fingerprint density at radius 1 is 1.00 bits per heavy atom. The molecule has 0 radical (unpaired) electrons. The minimum absolute atomic E-state index is 0.00199. The highest BCUT2D eigenvalue weighted by Crippen LogP contribution is 2.29.